The topological polar surface area (TPSA) is 84.1 Å². The second-order valence-corrected chi connectivity index (χ2v) is 6.58. The van der Waals surface area contributed by atoms with Gasteiger partial charge in [0.05, 0.1) is 23.8 Å². The minimum Gasteiger partial charge on any atom is -0.465 e. The number of aromatic nitrogens is 2. The molecule has 136 valence electrons. The lowest BCUT2D eigenvalue weighted by Crippen LogP contribution is -2.42. The fourth-order valence-corrected chi connectivity index (χ4v) is 3.42. The Morgan fingerprint density at radius 3 is 2.92 bits per heavy atom. The van der Waals surface area contributed by atoms with Crippen molar-refractivity contribution in [2.75, 3.05) is 0 Å². The number of hydrogen-bond acceptors (Lipinski definition) is 5. The molecule has 0 bridgehead atoms. The molecule has 4 rings (SSSR count). The van der Waals surface area contributed by atoms with Crippen molar-refractivity contribution in [2.45, 2.75) is 45.4 Å². The average Bonchev–Trinajstić information content (AvgIpc) is 3.37. The number of hydrazine groups is 1. The molecule has 1 aliphatic rings. The van der Waals surface area contributed by atoms with Gasteiger partial charge in [-0.3, -0.25) is 9.48 Å². The molecule has 3 heterocycles. The highest BCUT2D eigenvalue weighted by atomic mass is 16.3. The zero-order valence-electron chi connectivity index (χ0n) is 15.0. The Bertz CT molecular complexity index is 929. The molecule has 3 aromatic rings. The highest BCUT2D eigenvalue weighted by Gasteiger charge is 2.31. The van der Waals surface area contributed by atoms with E-state index in [2.05, 4.69) is 34.3 Å². The van der Waals surface area contributed by atoms with Gasteiger partial charge in [0.2, 0.25) is 5.91 Å². The van der Waals surface area contributed by atoms with Crippen molar-refractivity contribution in [2.24, 2.45) is 0 Å². The highest BCUT2D eigenvalue weighted by Crippen LogP contribution is 2.24. The van der Waals surface area contributed by atoms with Gasteiger partial charge in [-0.15, -0.1) is 0 Å². The predicted octanol–water partition coefficient (Wildman–Crippen LogP) is 2.18. The molecule has 26 heavy (non-hydrogen) atoms. The van der Waals surface area contributed by atoms with Crippen molar-refractivity contribution in [1.29, 1.82) is 0 Å². The van der Waals surface area contributed by atoms with Crippen LogP contribution in [0.5, 0.6) is 0 Å². The van der Waals surface area contributed by atoms with E-state index in [0.717, 1.165) is 34.7 Å². The molecule has 1 fully saturated rings. The van der Waals surface area contributed by atoms with E-state index in [4.69, 9.17) is 4.42 Å². The molecule has 1 amide bonds. The third-order valence-electron chi connectivity index (χ3n) is 4.79. The first-order chi connectivity index (χ1) is 12.7. The van der Waals surface area contributed by atoms with E-state index < -0.39 is 0 Å². The van der Waals surface area contributed by atoms with Crippen LogP contribution in [-0.4, -0.2) is 21.7 Å². The number of nitrogens with one attached hydrogen (secondary N) is 3. The molecule has 2 atom stereocenters. The predicted molar refractivity (Wildman–Crippen MR) is 98.1 cm³/mol. The number of rotatable bonds is 5. The van der Waals surface area contributed by atoms with Gasteiger partial charge in [-0.2, -0.15) is 5.10 Å². The van der Waals surface area contributed by atoms with Crippen molar-refractivity contribution in [1.82, 2.24) is 25.9 Å². The molecule has 2 aromatic heterocycles. The first kappa shape index (κ1) is 16.8. The molecule has 1 saturated heterocycles. The van der Waals surface area contributed by atoms with Gasteiger partial charge in [-0.25, -0.2) is 10.9 Å². The molecule has 3 N–H and O–H groups in total. The summed E-state index contributed by atoms with van der Waals surface area (Å²) < 4.78 is 7.60. The quantitative estimate of drug-likeness (QED) is 0.655. The maximum atomic E-state index is 12.5. The van der Waals surface area contributed by atoms with E-state index in [0.29, 0.717) is 13.0 Å². The maximum Gasteiger partial charge on any atom is 0.238 e. The normalized spacial score (nSPS) is 19.9. The van der Waals surface area contributed by atoms with Gasteiger partial charge in [0.25, 0.3) is 0 Å². The number of carbonyl (C=O) groups is 1. The smallest absolute Gasteiger partial charge is 0.238 e. The van der Waals surface area contributed by atoms with E-state index in [1.807, 2.05) is 41.9 Å². The van der Waals surface area contributed by atoms with Crippen LogP contribution >= 0.6 is 0 Å². The number of para-hydroxylation sites is 1. The van der Waals surface area contributed by atoms with Crippen molar-refractivity contribution >= 4 is 16.8 Å². The van der Waals surface area contributed by atoms with Gasteiger partial charge in [0.15, 0.2) is 0 Å². The summed E-state index contributed by atoms with van der Waals surface area (Å²) in [5, 5.41) is 8.70. The third-order valence-corrected chi connectivity index (χ3v) is 4.79. The van der Waals surface area contributed by atoms with Crippen LogP contribution in [0.25, 0.3) is 10.9 Å². The first-order valence-corrected chi connectivity index (χ1v) is 8.95. The molecule has 0 radical (unpaired) electrons. The molecule has 1 aliphatic heterocycles. The van der Waals surface area contributed by atoms with Crippen molar-refractivity contribution in [3.05, 3.63) is 53.6 Å². The molecule has 7 nitrogen and oxygen atoms in total. The van der Waals surface area contributed by atoms with Gasteiger partial charge in [0.1, 0.15) is 17.6 Å². The van der Waals surface area contributed by atoms with Gasteiger partial charge < -0.3 is 9.73 Å². The Morgan fingerprint density at radius 2 is 2.15 bits per heavy atom. The Labute approximate surface area is 151 Å². The Hall–Kier alpha value is -2.64. The fraction of sp³-hybridized carbons (Fsp3) is 0.368. The second-order valence-electron chi connectivity index (χ2n) is 6.58. The molecular formula is C19H23N5O2. The summed E-state index contributed by atoms with van der Waals surface area (Å²) in [5.74, 6) is 1.67. The number of nitrogens with zero attached hydrogens (tertiary/aromatic N) is 2. The summed E-state index contributed by atoms with van der Waals surface area (Å²) in [6.07, 6.45) is 0.642. The van der Waals surface area contributed by atoms with E-state index in [9.17, 15) is 4.79 Å². The summed E-state index contributed by atoms with van der Waals surface area (Å²) in [6.45, 7) is 5.18. The molecule has 7 heteroatoms. The summed E-state index contributed by atoms with van der Waals surface area (Å²) in [7, 11) is 0. The largest absolute Gasteiger partial charge is 0.465 e. The fourth-order valence-electron chi connectivity index (χ4n) is 3.42. The molecule has 0 aliphatic carbocycles. The molecular weight excluding hydrogens is 330 g/mol. The monoisotopic (exact) mass is 353 g/mol. The van der Waals surface area contributed by atoms with Crippen molar-refractivity contribution < 1.29 is 9.21 Å². The standard InChI is InChI=1S/C19H23N5O2/c1-3-24-17-7-5-4-6-13(17)16(23-24)11-20-19(25)15-10-14(21-22-15)18-9-8-12(2)26-18/h4-9,14-15,21-22H,3,10-11H2,1-2H3,(H,20,25). The maximum absolute atomic E-state index is 12.5. The summed E-state index contributed by atoms with van der Waals surface area (Å²) in [5.41, 5.74) is 8.17. The third kappa shape index (κ3) is 3.11. The summed E-state index contributed by atoms with van der Waals surface area (Å²) in [6, 6.07) is 11.7. The van der Waals surface area contributed by atoms with Crippen LogP contribution in [0.1, 0.15) is 36.6 Å². The van der Waals surface area contributed by atoms with E-state index >= 15 is 0 Å². The Morgan fingerprint density at radius 1 is 1.31 bits per heavy atom. The average molecular weight is 353 g/mol. The minimum absolute atomic E-state index is 0.000389. The Balaban J connectivity index is 1.40. The summed E-state index contributed by atoms with van der Waals surface area (Å²) in [4.78, 5) is 12.5. The van der Waals surface area contributed by atoms with Crippen LogP contribution in [-0.2, 0) is 17.9 Å². The van der Waals surface area contributed by atoms with Gasteiger partial charge in [-0.05, 0) is 38.5 Å². The van der Waals surface area contributed by atoms with Gasteiger partial charge in [-0.1, -0.05) is 18.2 Å². The molecule has 2 unspecified atom stereocenters. The van der Waals surface area contributed by atoms with Crippen molar-refractivity contribution in [3.63, 3.8) is 0 Å². The van der Waals surface area contributed by atoms with Crippen LogP contribution in [0.15, 0.2) is 40.8 Å². The van der Waals surface area contributed by atoms with Gasteiger partial charge >= 0.3 is 0 Å². The zero-order valence-corrected chi connectivity index (χ0v) is 15.0. The lowest BCUT2D eigenvalue weighted by molar-refractivity contribution is -0.123. The number of benzene rings is 1. The van der Waals surface area contributed by atoms with Crippen LogP contribution < -0.4 is 16.2 Å². The van der Waals surface area contributed by atoms with Crippen LogP contribution in [0.3, 0.4) is 0 Å². The zero-order chi connectivity index (χ0) is 18.1. The SMILES string of the molecule is CCn1nc(CNC(=O)C2CC(c3ccc(C)o3)NN2)c2ccccc21. The van der Waals surface area contributed by atoms with Crippen LogP contribution in [0, 0.1) is 6.92 Å². The van der Waals surface area contributed by atoms with Crippen LogP contribution in [0.4, 0.5) is 0 Å². The van der Waals surface area contributed by atoms with E-state index in [-0.39, 0.29) is 18.0 Å². The second kappa shape index (κ2) is 6.93. The Kier molecular flexibility index (Phi) is 4.48. The first-order valence-electron chi connectivity index (χ1n) is 8.95. The molecule has 1 aromatic carbocycles. The lowest BCUT2D eigenvalue weighted by Gasteiger charge is -2.09. The lowest BCUT2D eigenvalue weighted by atomic mass is 10.1. The number of fused-ring (bicyclic) bond motifs is 1. The number of furan rings is 1. The van der Waals surface area contributed by atoms with Crippen molar-refractivity contribution in [3.8, 4) is 0 Å². The number of amides is 1. The van der Waals surface area contributed by atoms with E-state index in [1.54, 1.807) is 0 Å². The van der Waals surface area contributed by atoms with Gasteiger partial charge in [0, 0.05) is 11.9 Å². The molecule has 0 spiro atoms. The minimum atomic E-state index is -0.301. The number of carbonyl (C=O) groups excluding carboxylic acids is 1. The van der Waals surface area contributed by atoms with E-state index in [1.165, 1.54) is 0 Å². The molecule has 0 saturated carbocycles. The summed E-state index contributed by atoms with van der Waals surface area (Å²) >= 11 is 0. The van der Waals surface area contributed by atoms with Crippen LogP contribution in [0.2, 0.25) is 0 Å². The number of hydrogen-bond donors (Lipinski definition) is 3. The highest BCUT2D eigenvalue weighted by molar-refractivity contribution is 5.84. The number of aryl methyl sites for hydroxylation is 2.